The molecule has 2 N–H and O–H groups in total. The van der Waals surface area contributed by atoms with Crippen molar-refractivity contribution in [2.45, 2.75) is 37.7 Å². The molecule has 5 rings (SSSR count). The Bertz CT molecular complexity index is 1360. The van der Waals surface area contributed by atoms with E-state index in [2.05, 4.69) is 21.8 Å². The number of aliphatic hydroxyl groups is 2. The number of carbonyl (C=O) groups excluding carboxylic acids is 1. The number of fused-ring (bicyclic) bond motifs is 1. The molecule has 3 heterocycles. The predicted octanol–water partition coefficient (Wildman–Crippen LogP) is 3.93. The van der Waals surface area contributed by atoms with Crippen molar-refractivity contribution in [1.82, 2.24) is 15.0 Å². The van der Waals surface area contributed by atoms with Crippen LogP contribution in [-0.4, -0.2) is 63.6 Å². The van der Waals surface area contributed by atoms with Gasteiger partial charge in [-0.3, -0.25) is 4.79 Å². The number of nitrogens with zero attached hydrogens (tertiary/aromatic N) is 4. The molecule has 1 saturated heterocycles. The highest BCUT2D eigenvalue weighted by molar-refractivity contribution is 7.17. The number of hydrogen-bond donors (Lipinski definition) is 2. The SMILES string of the molecule is CC1CC(n2cc(-c3cc(F)c(F)c(F)c3)nn2)C(O)C(CO)O1.CN(C=O)c1ccc2ccsc2c1. The van der Waals surface area contributed by atoms with Crippen LogP contribution >= 0.6 is 11.3 Å². The van der Waals surface area contributed by atoms with Crippen LogP contribution in [0.3, 0.4) is 0 Å². The highest BCUT2D eigenvalue weighted by Crippen LogP contribution is 2.30. The van der Waals surface area contributed by atoms with E-state index in [9.17, 15) is 28.2 Å². The van der Waals surface area contributed by atoms with Gasteiger partial charge in [0.2, 0.25) is 6.41 Å². The lowest BCUT2D eigenvalue weighted by atomic mass is 9.96. The maximum Gasteiger partial charge on any atom is 0.213 e. The van der Waals surface area contributed by atoms with E-state index >= 15 is 0 Å². The summed E-state index contributed by atoms with van der Waals surface area (Å²) in [5.74, 6) is -4.19. The predicted molar refractivity (Wildman–Crippen MR) is 133 cm³/mol. The van der Waals surface area contributed by atoms with Crippen LogP contribution in [0.25, 0.3) is 21.3 Å². The molecule has 1 fully saturated rings. The lowest BCUT2D eigenvalue weighted by molar-refractivity contribution is -0.150. The van der Waals surface area contributed by atoms with Crippen molar-refractivity contribution in [2.24, 2.45) is 0 Å². The summed E-state index contributed by atoms with van der Waals surface area (Å²) < 4.78 is 47.7. The first kappa shape index (κ1) is 26.7. The van der Waals surface area contributed by atoms with Crippen LogP contribution < -0.4 is 4.90 Å². The minimum absolute atomic E-state index is 0.0333. The Hall–Kier alpha value is -3.32. The van der Waals surface area contributed by atoms with E-state index in [1.807, 2.05) is 18.2 Å². The van der Waals surface area contributed by atoms with E-state index in [-0.39, 0.29) is 24.0 Å². The van der Waals surface area contributed by atoms with Gasteiger partial charge in [-0.05, 0) is 54.4 Å². The number of aliphatic hydroxyl groups excluding tert-OH is 2. The molecule has 1 aliphatic rings. The summed E-state index contributed by atoms with van der Waals surface area (Å²) in [7, 11) is 1.75. The molecule has 196 valence electrons. The van der Waals surface area contributed by atoms with Crippen molar-refractivity contribution in [3.63, 3.8) is 0 Å². The lowest BCUT2D eigenvalue weighted by Crippen LogP contribution is -2.47. The van der Waals surface area contributed by atoms with E-state index in [1.165, 1.54) is 21.0 Å². The van der Waals surface area contributed by atoms with Crippen molar-refractivity contribution in [1.29, 1.82) is 0 Å². The van der Waals surface area contributed by atoms with E-state index in [0.29, 0.717) is 6.42 Å². The van der Waals surface area contributed by atoms with Gasteiger partial charge in [0, 0.05) is 23.0 Å². The molecule has 2 aromatic carbocycles. The average Bonchev–Trinajstić information content (AvgIpc) is 3.57. The minimum Gasteiger partial charge on any atom is -0.394 e. The molecule has 1 amide bonds. The molecule has 0 aliphatic carbocycles. The highest BCUT2D eigenvalue weighted by atomic mass is 32.1. The first-order valence-corrected chi connectivity index (χ1v) is 12.3. The molecule has 12 heteroatoms. The number of halogens is 3. The third-order valence-corrected chi connectivity index (χ3v) is 6.95. The number of aromatic nitrogens is 3. The smallest absolute Gasteiger partial charge is 0.213 e. The second-order valence-corrected chi connectivity index (χ2v) is 9.61. The average molecular weight is 535 g/mol. The molecular weight excluding hydrogens is 509 g/mol. The molecule has 4 unspecified atom stereocenters. The lowest BCUT2D eigenvalue weighted by Gasteiger charge is -2.37. The van der Waals surface area contributed by atoms with Gasteiger partial charge in [0.25, 0.3) is 0 Å². The molecule has 0 radical (unpaired) electrons. The standard InChI is InChI=1S/C15H16F3N3O3.C10H9NOS/c1-7-2-12(15(23)13(6-22)24-7)21-5-11(19-20-21)8-3-9(16)14(18)10(17)4-8;1-11(7-12)9-3-2-8-4-5-13-10(8)6-9/h3-5,7,12-13,15,22-23H,2,6H2,1H3;2-7H,1H3. The first-order valence-electron chi connectivity index (χ1n) is 11.4. The Morgan fingerprint density at radius 3 is 2.62 bits per heavy atom. The maximum atomic E-state index is 13.3. The van der Waals surface area contributed by atoms with Crippen molar-refractivity contribution < 1.29 is 32.9 Å². The molecule has 4 aromatic rings. The van der Waals surface area contributed by atoms with Crippen LogP contribution in [0, 0.1) is 17.5 Å². The van der Waals surface area contributed by atoms with Crippen molar-refractivity contribution in [3.8, 4) is 11.3 Å². The monoisotopic (exact) mass is 534 g/mol. The highest BCUT2D eigenvalue weighted by Gasteiger charge is 2.37. The number of rotatable bonds is 5. The summed E-state index contributed by atoms with van der Waals surface area (Å²) >= 11 is 1.69. The Labute approximate surface area is 214 Å². The number of benzene rings is 2. The van der Waals surface area contributed by atoms with Crippen LogP contribution in [0.4, 0.5) is 18.9 Å². The number of thiophene rings is 1. The summed E-state index contributed by atoms with van der Waals surface area (Å²) in [5.41, 5.74) is 1.11. The third-order valence-electron chi connectivity index (χ3n) is 6.07. The van der Waals surface area contributed by atoms with Crippen molar-refractivity contribution >= 4 is 33.5 Å². The van der Waals surface area contributed by atoms with E-state index in [0.717, 1.165) is 24.2 Å². The van der Waals surface area contributed by atoms with Crippen LogP contribution in [-0.2, 0) is 9.53 Å². The van der Waals surface area contributed by atoms with Crippen LogP contribution in [0.5, 0.6) is 0 Å². The maximum absolute atomic E-state index is 13.3. The van der Waals surface area contributed by atoms with E-state index < -0.39 is 35.7 Å². The Morgan fingerprint density at radius 2 is 1.95 bits per heavy atom. The van der Waals surface area contributed by atoms with Gasteiger partial charge in [0.05, 0.1) is 24.9 Å². The van der Waals surface area contributed by atoms with Gasteiger partial charge in [-0.2, -0.15) is 0 Å². The number of amides is 1. The molecule has 0 saturated carbocycles. The summed E-state index contributed by atoms with van der Waals surface area (Å²) in [4.78, 5) is 12.1. The molecular formula is C25H25F3N4O4S. The zero-order chi connectivity index (χ0) is 26.7. The molecule has 1 aliphatic heterocycles. The summed E-state index contributed by atoms with van der Waals surface area (Å²) in [6.45, 7) is 1.45. The fourth-order valence-corrected chi connectivity index (χ4v) is 4.90. The third kappa shape index (κ3) is 5.82. The topological polar surface area (TPSA) is 101 Å². The van der Waals surface area contributed by atoms with Crippen LogP contribution in [0.1, 0.15) is 19.4 Å². The number of hydrogen-bond acceptors (Lipinski definition) is 7. The Balaban J connectivity index is 0.000000207. The number of ether oxygens (including phenoxy) is 1. The van der Waals surface area contributed by atoms with Gasteiger partial charge in [-0.15, -0.1) is 16.4 Å². The Morgan fingerprint density at radius 1 is 1.22 bits per heavy atom. The fraction of sp³-hybridized carbons (Fsp3) is 0.320. The van der Waals surface area contributed by atoms with E-state index in [4.69, 9.17) is 4.74 Å². The zero-order valence-electron chi connectivity index (χ0n) is 20.0. The summed E-state index contributed by atoms with van der Waals surface area (Å²) in [5, 5.41) is 30.5. The van der Waals surface area contributed by atoms with Gasteiger partial charge in [0.15, 0.2) is 17.5 Å². The van der Waals surface area contributed by atoms with Gasteiger partial charge >= 0.3 is 0 Å². The van der Waals surface area contributed by atoms with Gasteiger partial charge in [-0.1, -0.05) is 11.3 Å². The molecule has 4 atom stereocenters. The Kier molecular flexibility index (Phi) is 8.22. The summed E-state index contributed by atoms with van der Waals surface area (Å²) in [6, 6.07) is 9.21. The van der Waals surface area contributed by atoms with Crippen LogP contribution in [0.2, 0.25) is 0 Å². The molecule has 0 bridgehead atoms. The number of carbonyl (C=O) groups is 1. The van der Waals surface area contributed by atoms with Gasteiger partial charge in [-0.25, -0.2) is 17.9 Å². The number of anilines is 1. The minimum atomic E-state index is -1.55. The normalized spacial score (nSPS) is 21.4. The van der Waals surface area contributed by atoms with Crippen molar-refractivity contribution in [2.75, 3.05) is 18.6 Å². The molecule has 0 spiro atoms. The zero-order valence-corrected chi connectivity index (χ0v) is 20.8. The van der Waals surface area contributed by atoms with Gasteiger partial charge in [0.1, 0.15) is 17.9 Å². The van der Waals surface area contributed by atoms with Gasteiger partial charge < -0.3 is 19.8 Å². The quantitative estimate of drug-likeness (QED) is 0.297. The molecule has 8 nitrogen and oxygen atoms in total. The first-order chi connectivity index (χ1) is 17.7. The van der Waals surface area contributed by atoms with Crippen LogP contribution in [0.15, 0.2) is 48.0 Å². The molecule has 37 heavy (non-hydrogen) atoms. The van der Waals surface area contributed by atoms with Crippen molar-refractivity contribution in [3.05, 3.63) is 65.4 Å². The largest absolute Gasteiger partial charge is 0.394 e. The van der Waals surface area contributed by atoms with E-state index in [1.54, 1.807) is 30.2 Å². The summed E-state index contributed by atoms with van der Waals surface area (Å²) in [6.07, 6.45) is 0.659. The second-order valence-electron chi connectivity index (χ2n) is 8.66. The molecule has 2 aromatic heterocycles. The second kappa shape index (κ2) is 11.4. The fourth-order valence-electron chi connectivity index (χ4n) is 4.08.